The van der Waals surface area contributed by atoms with Crippen molar-refractivity contribution < 1.29 is 14.0 Å². The third-order valence-corrected chi connectivity index (χ3v) is 5.32. The molecule has 0 spiro atoms. The Labute approximate surface area is 164 Å². The van der Waals surface area contributed by atoms with Gasteiger partial charge in [-0.3, -0.25) is 9.59 Å². The predicted octanol–water partition coefficient (Wildman–Crippen LogP) is 5.46. The van der Waals surface area contributed by atoms with Crippen LogP contribution in [0.1, 0.15) is 37.7 Å². The fourth-order valence-electron chi connectivity index (χ4n) is 3.53. The molecule has 0 amide bonds. The van der Waals surface area contributed by atoms with Gasteiger partial charge in [-0.2, -0.15) is 0 Å². The van der Waals surface area contributed by atoms with Crippen molar-refractivity contribution in [2.75, 3.05) is 0 Å². The number of Topliss-reactive ketones (excluding diaryl/α,β-unsaturated/α-hetero) is 2. The van der Waals surface area contributed by atoms with Crippen molar-refractivity contribution in [1.82, 2.24) is 4.57 Å². The van der Waals surface area contributed by atoms with Crippen molar-refractivity contribution in [1.29, 1.82) is 0 Å². The van der Waals surface area contributed by atoms with Crippen molar-refractivity contribution in [2.24, 2.45) is 0 Å². The van der Waals surface area contributed by atoms with Crippen LogP contribution in [0, 0.1) is 19.7 Å². The first-order chi connectivity index (χ1) is 12.9. The molecule has 3 aromatic rings. The van der Waals surface area contributed by atoms with Crippen LogP contribution in [-0.2, 0) is 0 Å². The fourth-order valence-corrected chi connectivity index (χ4v) is 3.86. The van der Waals surface area contributed by atoms with E-state index in [9.17, 15) is 14.0 Å². The van der Waals surface area contributed by atoms with Crippen molar-refractivity contribution >= 4 is 33.6 Å². The molecule has 2 aromatic carbocycles. The minimum absolute atomic E-state index is 0.146. The SMILES string of the molecule is Cc1cc(C=C2C(=O)c3ccccc3C2=O)c(C)n1-c1ccc(Br)cc1F. The van der Waals surface area contributed by atoms with E-state index < -0.39 is 0 Å². The maximum atomic E-state index is 14.4. The Morgan fingerprint density at radius 1 is 0.963 bits per heavy atom. The summed E-state index contributed by atoms with van der Waals surface area (Å²) in [6.45, 7) is 3.71. The molecule has 0 saturated carbocycles. The smallest absolute Gasteiger partial charge is 0.197 e. The van der Waals surface area contributed by atoms with Gasteiger partial charge in [-0.15, -0.1) is 0 Å². The van der Waals surface area contributed by atoms with Gasteiger partial charge in [-0.25, -0.2) is 4.39 Å². The second-order valence-corrected chi connectivity index (χ2v) is 7.44. The Hall–Kier alpha value is -2.79. The summed E-state index contributed by atoms with van der Waals surface area (Å²) < 4.78 is 16.9. The highest BCUT2D eigenvalue weighted by molar-refractivity contribution is 9.10. The number of carbonyl (C=O) groups is 2. The van der Waals surface area contributed by atoms with Gasteiger partial charge >= 0.3 is 0 Å². The molecule has 0 aliphatic heterocycles. The molecule has 0 atom stereocenters. The molecule has 1 aliphatic rings. The summed E-state index contributed by atoms with van der Waals surface area (Å²) in [6, 6.07) is 13.5. The third kappa shape index (κ3) is 2.79. The summed E-state index contributed by atoms with van der Waals surface area (Å²) in [5, 5.41) is 0. The van der Waals surface area contributed by atoms with E-state index in [1.54, 1.807) is 47.0 Å². The van der Waals surface area contributed by atoms with Crippen LogP contribution in [0.4, 0.5) is 4.39 Å². The highest BCUT2D eigenvalue weighted by Crippen LogP contribution is 2.30. The molecule has 1 aromatic heterocycles. The Bertz CT molecular complexity index is 1120. The molecule has 134 valence electrons. The van der Waals surface area contributed by atoms with Crippen LogP contribution in [0.15, 0.2) is 58.6 Å². The average molecular weight is 424 g/mol. The lowest BCUT2D eigenvalue weighted by molar-refractivity contribution is 0.0990. The van der Waals surface area contributed by atoms with Gasteiger partial charge in [0.25, 0.3) is 0 Å². The zero-order valence-corrected chi connectivity index (χ0v) is 16.3. The number of benzene rings is 2. The fraction of sp³-hybridized carbons (Fsp3) is 0.0909. The van der Waals surface area contributed by atoms with Gasteiger partial charge < -0.3 is 4.57 Å². The lowest BCUT2D eigenvalue weighted by atomic mass is 10.1. The predicted molar refractivity (Wildman–Crippen MR) is 106 cm³/mol. The normalized spacial score (nSPS) is 13.3. The Morgan fingerprint density at radius 2 is 1.59 bits per heavy atom. The van der Waals surface area contributed by atoms with E-state index in [-0.39, 0.29) is 23.0 Å². The van der Waals surface area contributed by atoms with Crippen LogP contribution < -0.4 is 0 Å². The van der Waals surface area contributed by atoms with E-state index in [0.717, 1.165) is 17.0 Å². The van der Waals surface area contributed by atoms with Gasteiger partial charge in [0.2, 0.25) is 0 Å². The van der Waals surface area contributed by atoms with Gasteiger partial charge in [0.1, 0.15) is 5.82 Å². The van der Waals surface area contributed by atoms with E-state index in [1.807, 2.05) is 19.9 Å². The number of allylic oxidation sites excluding steroid dienone is 1. The standard InChI is InChI=1S/C22H15BrFNO2/c1-12-9-14(13(2)25(12)20-8-7-15(23)11-19(20)24)10-18-21(26)16-5-3-4-6-17(16)22(18)27/h3-11H,1-2H3. The van der Waals surface area contributed by atoms with E-state index in [0.29, 0.717) is 21.3 Å². The highest BCUT2D eigenvalue weighted by Gasteiger charge is 2.32. The summed E-state index contributed by atoms with van der Waals surface area (Å²) >= 11 is 3.26. The number of aryl methyl sites for hydroxylation is 1. The van der Waals surface area contributed by atoms with E-state index >= 15 is 0 Å². The highest BCUT2D eigenvalue weighted by atomic mass is 79.9. The van der Waals surface area contributed by atoms with Gasteiger partial charge in [-0.05, 0) is 49.8 Å². The molecule has 0 N–H and O–H groups in total. The number of hydrogen-bond acceptors (Lipinski definition) is 2. The minimum Gasteiger partial charge on any atom is -0.315 e. The van der Waals surface area contributed by atoms with Crippen LogP contribution in [0.5, 0.6) is 0 Å². The van der Waals surface area contributed by atoms with E-state index in [1.165, 1.54) is 6.07 Å². The molecule has 0 saturated heterocycles. The quantitative estimate of drug-likeness (QED) is 0.405. The largest absolute Gasteiger partial charge is 0.315 e. The molecule has 4 rings (SSSR count). The van der Waals surface area contributed by atoms with Crippen LogP contribution in [0.2, 0.25) is 0 Å². The summed E-state index contributed by atoms with van der Waals surface area (Å²) in [5.41, 5.74) is 3.73. The number of fused-ring (bicyclic) bond motifs is 1. The first-order valence-corrected chi connectivity index (χ1v) is 9.22. The third-order valence-electron chi connectivity index (χ3n) is 4.83. The van der Waals surface area contributed by atoms with Gasteiger partial charge in [0.05, 0.1) is 11.3 Å². The van der Waals surface area contributed by atoms with Crippen molar-refractivity contribution in [3.05, 3.63) is 92.5 Å². The number of ketones is 2. The molecule has 27 heavy (non-hydrogen) atoms. The molecule has 0 bridgehead atoms. The van der Waals surface area contributed by atoms with Crippen molar-refractivity contribution in [2.45, 2.75) is 13.8 Å². The zero-order chi connectivity index (χ0) is 19.3. The number of halogens is 2. The first kappa shape index (κ1) is 17.6. The van der Waals surface area contributed by atoms with Crippen LogP contribution in [-0.4, -0.2) is 16.1 Å². The molecule has 5 heteroatoms. The average Bonchev–Trinajstić information content (AvgIpc) is 3.05. The van der Waals surface area contributed by atoms with Gasteiger partial charge in [0, 0.05) is 27.0 Å². The lowest BCUT2D eigenvalue weighted by Crippen LogP contribution is -2.03. The van der Waals surface area contributed by atoms with Crippen molar-refractivity contribution in [3.63, 3.8) is 0 Å². The van der Waals surface area contributed by atoms with Crippen LogP contribution >= 0.6 is 15.9 Å². The maximum absolute atomic E-state index is 14.4. The molecule has 0 radical (unpaired) electrons. The molecule has 3 nitrogen and oxygen atoms in total. The number of rotatable bonds is 2. The Balaban J connectivity index is 1.83. The Kier molecular flexibility index (Phi) is 4.19. The summed E-state index contributed by atoms with van der Waals surface area (Å²) in [6.07, 6.45) is 1.61. The van der Waals surface area contributed by atoms with E-state index in [4.69, 9.17) is 0 Å². The topological polar surface area (TPSA) is 39.1 Å². The molecule has 1 aliphatic carbocycles. The summed E-state index contributed by atoms with van der Waals surface area (Å²) in [5.74, 6) is -0.892. The zero-order valence-electron chi connectivity index (χ0n) is 14.7. The van der Waals surface area contributed by atoms with E-state index in [2.05, 4.69) is 15.9 Å². The van der Waals surface area contributed by atoms with Crippen LogP contribution in [0.25, 0.3) is 11.8 Å². The molecule has 0 unspecified atom stereocenters. The molecule has 1 heterocycles. The number of hydrogen-bond donors (Lipinski definition) is 0. The van der Waals surface area contributed by atoms with Gasteiger partial charge in [0.15, 0.2) is 11.6 Å². The van der Waals surface area contributed by atoms with Crippen molar-refractivity contribution in [3.8, 4) is 5.69 Å². The lowest BCUT2D eigenvalue weighted by Gasteiger charge is -2.11. The van der Waals surface area contributed by atoms with Crippen LogP contribution in [0.3, 0.4) is 0 Å². The second kappa shape index (κ2) is 6.43. The molecular formula is C22H15BrFNO2. The Morgan fingerprint density at radius 3 is 2.19 bits per heavy atom. The molecular weight excluding hydrogens is 409 g/mol. The first-order valence-electron chi connectivity index (χ1n) is 8.43. The minimum atomic E-state index is -0.356. The van der Waals surface area contributed by atoms with Gasteiger partial charge in [-0.1, -0.05) is 40.2 Å². The summed E-state index contributed by atoms with van der Waals surface area (Å²) in [7, 11) is 0. The second-order valence-electron chi connectivity index (χ2n) is 6.52. The monoisotopic (exact) mass is 423 g/mol. The number of aromatic nitrogens is 1. The maximum Gasteiger partial charge on any atom is 0.197 e. The molecule has 0 fully saturated rings. The summed E-state index contributed by atoms with van der Waals surface area (Å²) in [4.78, 5) is 25.2. The number of carbonyl (C=O) groups excluding carboxylic acids is 2. The number of nitrogens with zero attached hydrogens (tertiary/aromatic N) is 1.